The molecule has 0 bridgehead atoms. The number of esters is 1. The third-order valence-electron chi connectivity index (χ3n) is 2.42. The fourth-order valence-electron chi connectivity index (χ4n) is 1.22. The molecule has 0 saturated heterocycles. The number of aliphatic carboxylic acids is 1. The molecule has 5 N–H and O–H groups in total. The van der Waals surface area contributed by atoms with Crippen molar-refractivity contribution in [2.45, 2.75) is 18.7 Å². The summed E-state index contributed by atoms with van der Waals surface area (Å²) >= 11 is 0. The average Bonchev–Trinajstić information content (AvgIpc) is 2.49. The van der Waals surface area contributed by atoms with Crippen LogP contribution in [0.2, 0.25) is 0 Å². The van der Waals surface area contributed by atoms with Gasteiger partial charge in [-0.1, -0.05) is 51.9 Å². The van der Waals surface area contributed by atoms with Gasteiger partial charge in [-0.2, -0.15) is 0 Å². The number of hydrogen-bond donors (Lipinski definition) is 3. The Bertz CT molecular complexity index is 459. The molecule has 21 heavy (non-hydrogen) atoms. The van der Waals surface area contributed by atoms with Crippen LogP contribution in [0.3, 0.4) is 0 Å². The molecule has 0 saturated carbocycles. The minimum absolute atomic E-state index is 0.190. The van der Waals surface area contributed by atoms with E-state index in [-0.39, 0.29) is 12.4 Å². The van der Waals surface area contributed by atoms with Gasteiger partial charge < -0.3 is 21.3 Å². The molecule has 1 rings (SSSR count). The Kier molecular flexibility index (Phi) is 8.21. The largest absolute Gasteiger partial charge is 0.480 e. The van der Waals surface area contributed by atoms with Gasteiger partial charge in [-0.25, -0.2) is 0 Å². The van der Waals surface area contributed by atoms with Crippen molar-refractivity contribution in [1.29, 1.82) is 0 Å². The van der Waals surface area contributed by atoms with Gasteiger partial charge in [-0.15, -0.1) is 0 Å². The highest BCUT2D eigenvalue weighted by Gasteiger charge is 2.16. The van der Waals surface area contributed by atoms with Gasteiger partial charge in [0.15, 0.2) is 0 Å². The lowest BCUT2D eigenvalue weighted by molar-refractivity contribution is -0.146. The summed E-state index contributed by atoms with van der Waals surface area (Å²) < 4.78 is 5.10. The van der Waals surface area contributed by atoms with Gasteiger partial charge in [-0.3, -0.25) is 9.59 Å². The first-order valence-corrected chi connectivity index (χ1v) is 8.68. The smallest absolute Gasteiger partial charge is 0.324 e. The van der Waals surface area contributed by atoms with Gasteiger partial charge in [0.1, 0.15) is 18.7 Å². The van der Waals surface area contributed by atoms with E-state index in [1.165, 1.54) is 21.6 Å². The second-order valence-electron chi connectivity index (χ2n) is 4.21. The summed E-state index contributed by atoms with van der Waals surface area (Å²) in [4.78, 5) is 22.2. The maximum absolute atomic E-state index is 11.7. The molecule has 0 aromatic heterocycles. The number of carboxylic acids is 1. The number of carbonyl (C=O) groups excluding carboxylic acids is 1. The fraction of sp³-hybridized carbons (Fsp3) is 0.385. The number of carboxylic acid groups (broad SMARTS) is 1. The predicted octanol–water partition coefficient (Wildman–Crippen LogP) is 0.850. The van der Waals surface area contributed by atoms with Crippen LogP contribution in [0.1, 0.15) is 5.56 Å². The number of nitrogens with two attached hydrogens (primary N) is 2. The van der Waals surface area contributed by atoms with Crippen LogP contribution in [-0.2, 0) is 20.9 Å². The van der Waals surface area contributed by atoms with Crippen LogP contribution >= 0.6 is 21.6 Å². The summed E-state index contributed by atoms with van der Waals surface area (Å²) in [7, 11) is 2.58. The molecule has 0 fully saturated rings. The third kappa shape index (κ3) is 7.37. The number of rotatable bonds is 9. The van der Waals surface area contributed by atoms with E-state index >= 15 is 0 Å². The maximum atomic E-state index is 11.7. The van der Waals surface area contributed by atoms with Crippen LogP contribution in [0.25, 0.3) is 0 Å². The van der Waals surface area contributed by atoms with Gasteiger partial charge in [0, 0.05) is 11.5 Å². The Balaban J connectivity index is 2.18. The van der Waals surface area contributed by atoms with Crippen molar-refractivity contribution in [1.82, 2.24) is 0 Å². The van der Waals surface area contributed by atoms with E-state index in [0.29, 0.717) is 5.75 Å². The highest BCUT2D eigenvalue weighted by Crippen LogP contribution is 2.22. The second kappa shape index (κ2) is 9.67. The maximum Gasteiger partial charge on any atom is 0.324 e. The van der Waals surface area contributed by atoms with Crippen LogP contribution in [0.15, 0.2) is 30.3 Å². The monoisotopic (exact) mass is 330 g/mol. The predicted molar refractivity (Wildman–Crippen MR) is 84.7 cm³/mol. The summed E-state index contributed by atoms with van der Waals surface area (Å²) in [5, 5.41) is 8.61. The molecular weight excluding hydrogens is 312 g/mol. The zero-order chi connectivity index (χ0) is 15.7. The van der Waals surface area contributed by atoms with Gasteiger partial charge in [0.05, 0.1) is 0 Å². The van der Waals surface area contributed by atoms with Crippen LogP contribution < -0.4 is 11.5 Å². The quantitative estimate of drug-likeness (QED) is 0.347. The summed E-state index contributed by atoms with van der Waals surface area (Å²) in [5.41, 5.74) is 11.9. The summed E-state index contributed by atoms with van der Waals surface area (Å²) in [5.74, 6) is -0.930. The average molecular weight is 330 g/mol. The van der Waals surface area contributed by atoms with Crippen molar-refractivity contribution >= 4 is 33.5 Å². The second-order valence-corrected chi connectivity index (χ2v) is 6.77. The Morgan fingerprint density at radius 3 is 2.24 bits per heavy atom. The minimum atomic E-state index is -1.05. The normalized spacial score (nSPS) is 13.4. The molecular formula is C13H18N2O4S2. The molecule has 0 amide bonds. The topological polar surface area (TPSA) is 116 Å². The first-order chi connectivity index (χ1) is 10.0. The standard InChI is InChI=1S/C13H18N2O4S2/c14-10(12(16)17)7-20-21-8-11(15)13(18)19-6-9-4-2-1-3-5-9/h1-5,10-11H,6-8,14-15H2,(H,16,17)/t10?,11-/m1/s1. The molecule has 0 aliphatic carbocycles. The van der Waals surface area contributed by atoms with Crippen molar-refractivity contribution in [3.63, 3.8) is 0 Å². The number of carbonyl (C=O) groups is 2. The van der Waals surface area contributed by atoms with Gasteiger partial charge >= 0.3 is 11.9 Å². The van der Waals surface area contributed by atoms with Crippen LogP contribution in [0, 0.1) is 0 Å². The van der Waals surface area contributed by atoms with Gasteiger partial charge in [-0.05, 0) is 5.56 Å². The molecule has 0 spiro atoms. The summed E-state index contributed by atoms with van der Waals surface area (Å²) in [6, 6.07) is 7.67. The van der Waals surface area contributed by atoms with Crippen molar-refractivity contribution in [2.75, 3.05) is 11.5 Å². The van der Waals surface area contributed by atoms with E-state index in [9.17, 15) is 9.59 Å². The van der Waals surface area contributed by atoms with Crippen LogP contribution in [-0.4, -0.2) is 40.6 Å². The molecule has 0 radical (unpaired) electrons. The van der Waals surface area contributed by atoms with E-state index in [4.69, 9.17) is 21.3 Å². The number of ether oxygens (including phenoxy) is 1. The van der Waals surface area contributed by atoms with Crippen molar-refractivity contribution < 1.29 is 19.4 Å². The number of benzene rings is 1. The van der Waals surface area contributed by atoms with Crippen molar-refractivity contribution in [2.24, 2.45) is 11.5 Å². The van der Waals surface area contributed by atoms with Crippen LogP contribution in [0.4, 0.5) is 0 Å². The summed E-state index contributed by atoms with van der Waals surface area (Å²) in [6.45, 7) is 0.190. The molecule has 116 valence electrons. The van der Waals surface area contributed by atoms with E-state index < -0.39 is 24.0 Å². The Labute approximate surface area is 131 Å². The molecule has 1 aromatic carbocycles. The molecule has 6 nitrogen and oxygen atoms in total. The molecule has 2 atom stereocenters. The fourth-order valence-corrected chi connectivity index (χ4v) is 3.44. The first kappa shape index (κ1) is 17.8. The molecule has 0 aliphatic heterocycles. The highest BCUT2D eigenvalue weighted by molar-refractivity contribution is 8.76. The highest BCUT2D eigenvalue weighted by atomic mass is 33.1. The van der Waals surface area contributed by atoms with Crippen molar-refractivity contribution in [3.8, 4) is 0 Å². The third-order valence-corrected chi connectivity index (χ3v) is 4.90. The Hall–Kier alpha value is -1.22. The van der Waals surface area contributed by atoms with E-state index in [2.05, 4.69) is 0 Å². The van der Waals surface area contributed by atoms with E-state index in [1.54, 1.807) is 0 Å². The molecule has 0 aliphatic rings. The number of hydrogen-bond acceptors (Lipinski definition) is 7. The molecule has 8 heteroatoms. The minimum Gasteiger partial charge on any atom is -0.480 e. The summed E-state index contributed by atoms with van der Waals surface area (Å²) in [6.07, 6.45) is 0. The molecule has 1 aromatic rings. The molecule has 1 unspecified atom stereocenters. The first-order valence-electron chi connectivity index (χ1n) is 6.19. The SMILES string of the molecule is NC(CSSC[C@@H](N)C(=O)OCc1ccccc1)C(=O)O. The molecule has 0 heterocycles. The Morgan fingerprint density at radius 2 is 1.67 bits per heavy atom. The van der Waals surface area contributed by atoms with Gasteiger partial charge in [0.25, 0.3) is 0 Å². The lowest BCUT2D eigenvalue weighted by Crippen LogP contribution is -2.34. The van der Waals surface area contributed by atoms with Crippen molar-refractivity contribution in [3.05, 3.63) is 35.9 Å². The van der Waals surface area contributed by atoms with E-state index in [0.717, 1.165) is 5.56 Å². The van der Waals surface area contributed by atoms with Crippen LogP contribution in [0.5, 0.6) is 0 Å². The Morgan fingerprint density at radius 1 is 1.10 bits per heavy atom. The van der Waals surface area contributed by atoms with E-state index in [1.807, 2.05) is 30.3 Å². The zero-order valence-electron chi connectivity index (χ0n) is 11.3. The zero-order valence-corrected chi connectivity index (χ0v) is 12.9. The lowest BCUT2D eigenvalue weighted by atomic mass is 10.2. The van der Waals surface area contributed by atoms with Gasteiger partial charge in [0.2, 0.25) is 0 Å². The lowest BCUT2D eigenvalue weighted by Gasteiger charge is -2.11.